The average Bonchev–Trinajstić information content (AvgIpc) is 3.13. The first-order valence-electron chi connectivity index (χ1n) is 16.1. The predicted molar refractivity (Wildman–Crippen MR) is 196 cm³/mol. The highest BCUT2D eigenvalue weighted by Crippen LogP contribution is 2.34. The van der Waals surface area contributed by atoms with E-state index in [1.807, 2.05) is 0 Å². The van der Waals surface area contributed by atoms with Gasteiger partial charge >= 0.3 is 11.9 Å². The molecule has 0 fully saturated rings. The van der Waals surface area contributed by atoms with Crippen LogP contribution in [0.1, 0.15) is 11.1 Å². The summed E-state index contributed by atoms with van der Waals surface area (Å²) < 4.78 is 105. The fourth-order valence-corrected chi connectivity index (χ4v) is 7.85. The molecule has 0 bridgehead atoms. The Kier molecular flexibility index (Phi) is 13.8. The Hall–Kier alpha value is -5.73. The first kappa shape index (κ1) is 42.0. The summed E-state index contributed by atoms with van der Waals surface area (Å²) in [6.45, 7) is 0.870. The van der Waals surface area contributed by atoms with Gasteiger partial charge in [0.2, 0.25) is 0 Å². The molecule has 0 saturated carbocycles. The summed E-state index contributed by atoms with van der Waals surface area (Å²) in [4.78, 5) is 35.4. The zero-order chi connectivity index (χ0) is 40.4. The predicted octanol–water partition coefficient (Wildman–Crippen LogP) is 3.81. The number of carbonyl (C=O) groups is 2. The molecule has 4 aromatic rings. The maximum Gasteiger partial charge on any atom is 0.344 e. The monoisotopic (exact) mass is 820 g/mol. The molecule has 0 aliphatic rings. The minimum Gasteiger partial charge on any atom is -0.496 e. The van der Waals surface area contributed by atoms with E-state index in [0.717, 1.165) is 41.5 Å². The number of hydrogen-bond donors (Lipinski definition) is 1. The van der Waals surface area contributed by atoms with E-state index < -0.39 is 107 Å². The highest BCUT2D eigenvalue weighted by molar-refractivity contribution is 7.92. The van der Waals surface area contributed by atoms with Crippen molar-refractivity contribution in [3.05, 3.63) is 106 Å². The average molecular weight is 821 g/mol. The molecular weight excluding hydrogens is 785 g/mol. The highest BCUT2D eigenvalue weighted by Gasteiger charge is 2.24. The zero-order valence-electron chi connectivity index (χ0n) is 29.6. The van der Waals surface area contributed by atoms with Gasteiger partial charge in [0.1, 0.15) is 24.7 Å². The van der Waals surface area contributed by atoms with E-state index in [1.54, 1.807) is 38.1 Å². The molecule has 294 valence electrons. The zero-order valence-corrected chi connectivity index (χ0v) is 32.1. The van der Waals surface area contributed by atoms with Gasteiger partial charge in [-0.15, -0.1) is 0 Å². The summed E-state index contributed by atoms with van der Waals surface area (Å²) in [5.74, 6) is -3.68. The van der Waals surface area contributed by atoms with Crippen molar-refractivity contribution in [1.29, 1.82) is 0 Å². The number of sulfonamides is 1. The van der Waals surface area contributed by atoms with Crippen LogP contribution in [0.4, 0.5) is 11.4 Å². The van der Waals surface area contributed by atoms with Gasteiger partial charge in [0.15, 0.2) is 44.4 Å². The highest BCUT2D eigenvalue weighted by atomic mass is 32.2. The topological polar surface area (TPSA) is 238 Å². The molecule has 17 nitrogen and oxygen atoms in total. The smallest absolute Gasteiger partial charge is 0.344 e. The van der Waals surface area contributed by atoms with Crippen LogP contribution in [0.2, 0.25) is 0 Å². The molecule has 0 aliphatic carbocycles. The van der Waals surface area contributed by atoms with Gasteiger partial charge in [-0.05, 0) is 62.4 Å². The lowest BCUT2D eigenvalue weighted by Gasteiger charge is -2.15. The maximum atomic E-state index is 13.4. The van der Waals surface area contributed by atoms with Crippen molar-refractivity contribution in [2.45, 2.75) is 28.5 Å². The number of rotatable bonds is 19. The Labute approximate surface area is 317 Å². The van der Waals surface area contributed by atoms with E-state index in [4.69, 9.17) is 23.7 Å². The number of aryl methyl sites for hydroxylation is 2. The Morgan fingerprint density at radius 1 is 0.655 bits per heavy atom. The molecule has 0 aliphatic heterocycles. The number of nitrogens with zero attached hydrogens (tertiary/aromatic N) is 1. The summed E-state index contributed by atoms with van der Waals surface area (Å²) in [6.07, 6.45) is 0. The van der Waals surface area contributed by atoms with Crippen molar-refractivity contribution in [3.63, 3.8) is 0 Å². The van der Waals surface area contributed by atoms with Crippen LogP contribution in [0, 0.1) is 24.0 Å². The van der Waals surface area contributed by atoms with E-state index in [0.29, 0.717) is 0 Å². The second kappa shape index (κ2) is 18.1. The molecule has 1 N–H and O–H groups in total. The van der Waals surface area contributed by atoms with Crippen molar-refractivity contribution < 1.29 is 63.5 Å². The number of anilines is 1. The van der Waals surface area contributed by atoms with Crippen LogP contribution in [-0.4, -0.2) is 87.2 Å². The minimum atomic E-state index is -4.57. The molecule has 0 spiro atoms. The number of carbonyl (C=O) groups excluding carboxylic acids is 2. The third kappa shape index (κ3) is 11.9. The van der Waals surface area contributed by atoms with Crippen molar-refractivity contribution in [2.75, 3.05) is 49.8 Å². The fraction of sp³-hybridized carbons (Fsp3) is 0.257. The Morgan fingerprint density at radius 3 is 1.60 bits per heavy atom. The van der Waals surface area contributed by atoms with Gasteiger partial charge in [0, 0.05) is 6.07 Å². The second-order valence-electron chi connectivity index (χ2n) is 11.6. The van der Waals surface area contributed by atoms with Gasteiger partial charge in [0.05, 0.1) is 44.3 Å². The third-order valence-corrected chi connectivity index (χ3v) is 12.3. The van der Waals surface area contributed by atoms with E-state index >= 15 is 0 Å². The summed E-state index contributed by atoms with van der Waals surface area (Å²) in [5, 5.41) is 11.6. The lowest BCUT2D eigenvalue weighted by atomic mass is 10.2. The SMILES string of the molecule is COc1ccc(NS(=O)(=O)c2ccc(OCC(=O)OCCS(=O)(=O)c3ccc(C)cc3)c(OCC(=O)OCCS(=O)(=O)c3ccc(C)cc3)c2)c([N+](=O)[O-])c1. The van der Waals surface area contributed by atoms with Crippen LogP contribution in [0.3, 0.4) is 0 Å². The van der Waals surface area contributed by atoms with Crippen LogP contribution < -0.4 is 18.9 Å². The fourth-order valence-electron chi connectivity index (χ4n) is 4.58. The second-order valence-corrected chi connectivity index (χ2v) is 17.5. The van der Waals surface area contributed by atoms with Crippen LogP contribution in [-0.2, 0) is 48.8 Å². The maximum absolute atomic E-state index is 13.4. The largest absolute Gasteiger partial charge is 0.496 e. The normalized spacial score (nSPS) is 11.6. The number of ether oxygens (including phenoxy) is 5. The molecule has 4 aromatic carbocycles. The molecule has 55 heavy (non-hydrogen) atoms. The number of benzene rings is 4. The molecule has 20 heteroatoms. The van der Waals surface area contributed by atoms with Crippen LogP contribution in [0.5, 0.6) is 17.2 Å². The number of nitro benzene ring substituents is 1. The molecule has 0 amide bonds. The van der Waals surface area contributed by atoms with Gasteiger partial charge in [-0.3, -0.25) is 14.8 Å². The number of nitrogens with one attached hydrogen (secondary N) is 1. The van der Waals surface area contributed by atoms with E-state index in [1.165, 1.54) is 37.4 Å². The third-order valence-electron chi connectivity index (χ3n) is 7.55. The summed E-state index contributed by atoms with van der Waals surface area (Å²) in [7, 11) is -10.9. The van der Waals surface area contributed by atoms with Crippen molar-refractivity contribution >= 4 is 53.0 Å². The van der Waals surface area contributed by atoms with Crippen LogP contribution >= 0.6 is 0 Å². The Balaban J connectivity index is 1.47. The first-order valence-corrected chi connectivity index (χ1v) is 20.8. The number of methoxy groups -OCH3 is 1. The Bertz CT molecular complexity index is 2360. The van der Waals surface area contributed by atoms with E-state index in [2.05, 4.69) is 4.72 Å². The molecule has 0 heterocycles. The molecular formula is C35H36N2O15S3. The van der Waals surface area contributed by atoms with Crippen molar-refractivity contribution in [2.24, 2.45) is 0 Å². The minimum absolute atomic E-state index is 0.0326. The number of nitro groups is 1. The lowest BCUT2D eigenvalue weighted by molar-refractivity contribution is -0.384. The van der Waals surface area contributed by atoms with Crippen molar-refractivity contribution in [3.8, 4) is 17.2 Å². The summed E-state index contributed by atoms with van der Waals surface area (Å²) >= 11 is 0. The van der Waals surface area contributed by atoms with Gasteiger partial charge < -0.3 is 23.7 Å². The molecule has 0 saturated heterocycles. The molecule has 4 rings (SSSR count). The van der Waals surface area contributed by atoms with Gasteiger partial charge in [-0.2, -0.15) is 0 Å². The van der Waals surface area contributed by atoms with Gasteiger partial charge in [-0.25, -0.2) is 34.8 Å². The quantitative estimate of drug-likeness (QED) is 0.0804. The number of esters is 2. The van der Waals surface area contributed by atoms with Crippen LogP contribution in [0.15, 0.2) is 99.6 Å². The summed E-state index contributed by atoms with van der Waals surface area (Å²) in [5.41, 5.74) is 0.693. The lowest BCUT2D eigenvalue weighted by Crippen LogP contribution is -2.21. The summed E-state index contributed by atoms with van der Waals surface area (Å²) in [6, 6.07) is 18.6. The van der Waals surface area contributed by atoms with E-state index in [9.17, 15) is 45.0 Å². The number of sulfone groups is 2. The van der Waals surface area contributed by atoms with E-state index in [-0.39, 0.29) is 21.3 Å². The molecule has 0 unspecified atom stereocenters. The van der Waals surface area contributed by atoms with Crippen molar-refractivity contribution in [1.82, 2.24) is 0 Å². The Morgan fingerprint density at radius 2 is 1.13 bits per heavy atom. The van der Waals surface area contributed by atoms with Gasteiger partial charge in [0.25, 0.3) is 15.7 Å². The molecule has 0 aromatic heterocycles. The number of hydrogen-bond acceptors (Lipinski definition) is 15. The molecule has 0 radical (unpaired) electrons. The standard InChI is InChI=1S/C35H36N2O15S3/c1-24-4-9-27(10-5-24)53(42,43)18-16-49-34(38)22-51-32-15-13-29(55(46,47)36-30-14-8-26(48-3)20-31(30)37(40)41)21-33(32)52-23-35(39)50-17-19-54(44,45)28-11-6-25(2)7-12-28/h4-15,20-21,36H,16-19,22-23H2,1-3H3. The first-order chi connectivity index (χ1) is 25.9. The van der Waals surface area contributed by atoms with Gasteiger partial charge in [-0.1, -0.05) is 35.4 Å². The van der Waals surface area contributed by atoms with Crippen LogP contribution in [0.25, 0.3) is 0 Å². The molecule has 0 atom stereocenters.